The smallest absolute Gasteiger partial charge is 0.105 e. The first-order valence-corrected chi connectivity index (χ1v) is 6.98. The summed E-state index contributed by atoms with van der Waals surface area (Å²) < 4.78 is 5.63. The number of hydrogen-bond donors (Lipinski definition) is 1. The molecule has 17 heavy (non-hydrogen) atoms. The van der Waals surface area contributed by atoms with Crippen LogP contribution >= 0.6 is 0 Å². The van der Waals surface area contributed by atoms with Crippen LogP contribution < -0.4 is 5.32 Å². The molecule has 0 bridgehead atoms. The minimum absolute atomic E-state index is 0.429. The lowest BCUT2D eigenvalue weighted by Crippen LogP contribution is -2.35. The lowest BCUT2D eigenvalue weighted by Gasteiger charge is -2.23. The van der Waals surface area contributed by atoms with Crippen molar-refractivity contribution in [3.8, 4) is 0 Å². The summed E-state index contributed by atoms with van der Waals surface area (Å²) in [6.45, 7) is 6.38. The highest BCUT2D eigenvalue weighted by Gasteiger charge is 2.41. The van der Waals surface area contributed by atoms with Crippen LogP contribution in [0.15, 0.2) is 10.5 Å². The molecular formula is C15H23NO. The third-order valence-corrected chi connectivity index (χ3v) is 4.25. The van der Waals surface area contributed by atoms with Crippen LogP contribution in [0.3, 0.4) is 0 Å². The average molecular weight is 233 g/mol. The zero-order valence-electron chi connectivity index (χ0n) is 11.1. The molecule has 0 radical (unpaired) electrons. The van der Waals surface area contributed by atoms with E-state index in [9.17, 15) is 0 Å². The summed E-state index contributed by atoms with van der Waals surface area (Å²) >= 11 is 0. The minimum atomic E-state index is 0.429. The van der Waals surface area contributed by atoms with Crippen molar-refractivity contribution < 1.29 is 4.42 Å². The van der Waals surface area contributed by atoms with Gasteiger partial charge in [-0.15, -0.1) is 0 Å². The van der Waals surface area contributed by atoms with Crippen LogP contribution in [-0.4, -0.2) is 6.04 Å². The molecule has 1 aromatic heterocycles. The molecule has 1 aromatic rings. The molecule has 0 saturated heterocycles. The summed E-state index contributed by atoms with van der Waals surface area (Å²) in [5.74, 6) is 4.02. The fourth-order valence-electron chi connectivity index (χ4n) is 3.03. The van der Waals surface area contributed by atoms with E-state index in [4.69, 9.17) is 4.42 Å². The molecule has 2 nitrogen and oxygen atoms in total. The van der Waals surface area contributed by atoms with Gasteiger partial charge in [-0.05, 0) is 64.4 Å². The van der Waals surface area contributed by atoms with Gasteiger partial charge >= 0.3 is 0 Å². The SMILES string of the molecule is Cc1cc(C(C)NC(C2CC2)C2CC2)c(C)o1. The Hall–Kier alpha value is -0.760. The Morgan fingerprint density at radius 1 is 1.18 bits per heavy atom. The van der Waals surface area contributed by atoms with Gasteiger partial charge < -0.3 is 9.73 Å². The summed E-state index contributed by atoms with van der Waals surface area (Å²) in [5.41, 5.74) is 1.34. The standard InChI is InChI=1S/C15H23NO/c1-9-8-14(11(3)17-9)10(2)16-15(12-4-5-12)13-6-7-13/h8,10,12-13,15-16H,4-7H2,1-3H3. The highest BCUT2D eigenvalue weighted by molar-refractivity contribution is 5.23. The third-order valence-electron chi connectivity index (χ3n) is 4.25. The Labute approximate surface area is 104 Å². The van der Waals surface area contributed by atoms with E-state index >= 15 is 0 Å². The first-order valence-electron chi connectivity index (χ1n) is 6.98. The number of nitrogens with one attached hydrogen (secondary N) is 1. The Kier molecular flexibility index (Phi) is 2.78. The summed E-state index contributed by atoms with van der Waals surface area (Å²) in [5, 5.41) is 3.85. The van der Waals surface area contributed by atoms with E-state index < -0.39 is 0 Å². The predicted molar refractivity (Wildman–Crippen MR) is 69.0 cm³/mol. The second-order valence-corrected chi connectivity index (χ2v) is 5.96. The van der Waals surface area contributed by atoms with Crippen molar-refractivity contribution >= 4 is 0 Å². The second-order valence-electron chi connectivity index (χ2n) is 5.96. The lowest BCUT2D eigenvalue weighted by atomic mass is 10.0. The second kappa shape index (κ2) is 4.16. The van der Waals surface area contributed by atoms with Crippen LogP contribution in [0.25, 0.3) is 0 Å². The van der Waals surface area contributed by atoms with Crippen molar-refractivity contribution in [3.63, 3.8) is 0 Å². The van der Waals surface area contributed by atoms with E-state index in [1.54, 1.807) is 0 Å². The van der Waals surface area contributed by atoms with Gasteiger partial charge in [0.05, 0.1) is 0 Å². The maximum Gasteiger partial charge on any atom is 0.105 e. The molecule has 2 heteroatoms. The topological polar surface area (TPSA) is 25.2 Å². The molecule has 2 fully saturated rings. The van der Waals surface area contributed by atoms with Gasteiger partial charge in [-0.3, -0.25) is 0 Å². The maximum absolute atomic E-state index is 5.63. The first-order chi connectivity index (χ1) is 8.15. The van der Waals surface area contributed by atoms with Gasteiger partial charge in [0.25, 0.3) is 0 Å². The summed E-state index contributed by atoms with van der Waals surface area (Å²) in [7, 11) is 0. The molecule has 0 spiro atoms. The molecule has 1 N–H and O–H groups in total. The van der Waals surface area contributed by atoms with Crippen LogP contribution in [0.5, 0.6) is 0 Å². The van der Waals surface area contributed by atoms with Crippen LogP contribution in [0.2, 0.25) is 0 Å². The molecule has 1 unspecified atom stereocenters. The van der Waals surface area contributed by atoms with Gasteiger partial charge in [-0.2, -0.15) is 0 Å². The van der Waals surface area contributed by atoms with Crippen molar-refractivity contribution in [2.45, 2.75) is 58.5 Å². The van der Waals surface area contributed by atoms with E-state index in [1.165, 1.54) is 31.2 Å². The zero-order chi connectivity index (χ0) is 12.0. The number of rotatable bonds is 5. The van der Waals surface area contributed by atoms with Gasteiger partial charge in [0.1, 0.15) is 11.5 Å². The molecule has 2 saturated carbocycles. The number of hydrogen-bond acceptors (Lipinski definition) is 2. The zero-order valence-corrected chi connectivity index (χ0v) is 11.1. The fraction of sp³-hybridized carbons (Fsp3) is 0.733. The van der Waals surface area contributed by atoms with Crippen molar-refractivity contribution in [2.24, 2.45) is 11.8 Å². The molecule has 0 aliphatic heterocycles. The van der Waals surface area contributed by atoms with Crippen molar-refractivity contribution in [1.29, 1.82) is 0 Å². The van der Waals surface area contributed by atoms with E-state index in [0.29, 0.717) is 6.04 Å². The van der Waals surface area contributed by atoms with Gasteiger partial charge in [0.15, 0.2) is 0 Å². The van der Waals surface area contributed by atoms with Crippen LogP contribution in [-0.2, 0) is 0 Å². The fourth-order valence-corrected chi connectivity index (χ4v) is 3.03. The molecule has 3 rings (SSSR count). The quantitative estimate of drug-likeness (QED) is 0.838. The monoisotopic (exact) mass is 233 g/mol. The molecule has 0 aromatic carbocycles. The van der Waals surface area contributed by atoms with Crippen LogP contribution in [0, 0.1) is 25.7 Å². The molecule has 2 aliphatic carbocycles. The van der Waals surface area contributed by atoms with E-state index in [2.05, 4.69) is 25.2 Å². The summed E-state index contributed by atoms with van der Waals surface area (Å²) in [6, 6.07) is 3.38. The van der Waals surface area contributed by atoms with E-state index in [1.807, 2.05) is 6.92 Å². The largest absolute Gasteiger partial charge is 0.466 e. The molecule has 1 heterocycles. The number of aryl methyl sites for hydroxylation is 2. The third kappa shape index (κ3) is 2.42. The van der Waals surface area contributed by atoms with Crippen LogP contribution in [0.1, 0.15) is 55.7 Å². The molecule has 2 aliphatic rings. The lowest BCUT2D eigenvalue weighted by molar-refractivity contribution is 0.374. The Morgan fingerprint density at radius 3 is 2.18 bits per heavy atom. The normalized spacial score (nSPS) is 22.1. The molecule has 94 valence electrons. The minimum Gasteiger partial charge on any atom is -0.466 e. The first kappa shape index (κ1) is 11.3. The maximum atomic E-state index is 5.63. The Morgan fingerprint density at radius 2 is 1.76 bits per heavy atom. The number of furan rings is 1. The van der Waals surface area contributed by atoms with Gasteiger partial charge in [-0.1, -0.05) is 0 Å². The average Bonchev–Trinajstić information content (AvgIpc) is 3.13. The Balaban J connectivity index is 1.68. The van der Waals surface area contributed by atoms with Gasteiger partial charge in [0.2, 0.25) is 0 Å². The van der Waals surface area contributed by atoms with Crippen molar-refractivity contribution in [3.05, 3.63) is 23.2 Å². The van der Waals surface area contributed by atoms with Crippen LogP contribution in [0.4, 0.5) is 0 Å². The Bertz CT molecular complexity index is 389. The molecular weight excluding hydrogens is 210 g/mol. The predicted octanol–water partition coefficient (Wildman–Crippen LogP) is 3.74. The van der Waals surface area contributed by atoms with Gasteiger partial charge in [-0.25, -0.2) is 0 Å². The van der Waals surface area contributed by atoms with E-state index in [0.717, 1.165) is 29.4 Å². The summed E-state index contributed by atoms with van der Waals surface area (Å²) in [4.78, 5) is 0. The summed E-state index contributed by atoms with van der Waals surface area (Å²) in [6.07, 6.45) is 5.74. The molecule has 1 atom stereocenters. The van der Waals surface area contributed by atoms with Gasteiger partial charge in [0, 0.05) is 17.6 Å². The molecule has 0 amide bonds. The highest BCUT2D eigenvalue weighted by Crippen LogP contribution is 2.45. The van der Waals surface area contributed by atoms with Crippen molar-refractivity contribution in [1.82, 2.24) is 5.32 Å². The van der Waals surface area contributed by atoms with E-state index in [-0.39, 0.29) is 0 Å². The highest BCUT2D eigenvalue weighted by atomic mass is 16.3. The van der Waals surface area contributed by atoms with Crippen molar-refractivity contribution in [2.75, 3.05) is 0 Å².